The molecule has 0 atom stereocenters. The Bertz CT molecular complexity index is 349. The first-order valence-electron chi connectivity index (χ1n) is 5.48. The highest BCUT2D eigenvalue weighted by Crippen LogP contribution is 2.20. The molecular weight excluding hydrogens is 268 g/mol. The van der Waals surface area contributed by atoms with Gasteiger partial charge in [0.25, 0.3) is 0 Å². The Morgan fingerprint density at radius 2 is 2.25 bits per heavy atom. The summed E-state index contributed by atoms with van der Waals surface area (Å²) in [4.78, 5) is 0. The minimum absolute atomic E-state index is 0.541. The van der Waals surface area contributed by atoms with Gasteiger partial charge in [0.2, 0.25) is 0 Å². The topological polar surface area (TPSA) is 42.7 Å². The molecule has 0 saturated heterocycles. The SMILES string of the molecule is C/C(=C/CCNC(C)C)c1c(Br)nnn1C. The van der Waals surface area contributed by atoms with E-state index in [1.165, 1.54) is 5.57 Å². The van der Waals surface area contributed by atoms with Crippen molar-refractivity contribution in [1.82, 2.24) is 20.3 Å². The number of nitrogens with zero attached hydrogens (tertiary/aromatic N) is 3. The predicted octanol–water partition coefficient (Wildman–Crippen LogP) is 2.37. The van der Waals surface area contributed by atoms with E-state index in [9.17, 15) is 0 Å². The van der Waals surface area contributed by atoms with Crippen LogP contribution in [0, 0.1) is 0 Å². The molecule has 16 heavy (non-hydrogen) atoms. The summed E-state index contributed by atoms with van der Waals surface area (Å²) in [6, 6.07) is 0.541. The van der Waals surface area contributed by atoms with Gasteiger partial charge in [0.1, 0.15) is 0 Å². The van der Waals surface area contributed by atoms with E-state index < -0.39 is 0 Å². The quantitative estimate of drug-likeness (QED) is 0.845. The lowest BCUT2D eigenvalue weighted by Crippen LogP contribution is -2.23. The smallest absolute Gasteiger partial charge is 0.155 e. The molecule has 1 heterocycles. The maximum Gasteiger partial charge on any atom is 0.155 e. The lowest BCUT2D eigenvalue weighted by Gasteiger charge is -2.06. The van der Waals surface area contributed by atoms with Crippen molar-refractivity contribution in [3.63, 3.8) is 0 Å². The van der Waals surface area contributed by atoms with Crippen LogP contribution in [-0.4, -0.2) is 27.6 Å². The van der Waals surface area contributed by atoms with Gasteiger partial charge >= 0.3 is 0 Å². The Balaban J connectivity index is 2.57. The Labute approximate surface area is 105 Å². The van der Waals surface area contributed by atoms with E-state index >= 15 is 0 Å². The standard InChI is InChI=1S/C11H19BrN4/c1-8(2)13-7-5-6-9(3)10-11(12)14-15-16(10)4/h6,8,13H,5,7H2,1-4H3/b9-6-. The summed E-state index contributed by atoms with van der Waals surface area (Å²) in [5.74, 6) is 0. The third-order valence-electron chi connectivity index (χ3n) is 2.31. The van der Waals surface area contributed by atoms with Crippen LogP contribution in [0.2, 0.25) is 0 Å². The van der Waals surface area contributed by atoms with Crippen LogP contribution in [0.4, 0.5) is 0 Å². The number of allylic oxidation sites excluding steroid dienone is 1. The number of hydrogen-bond donors (Lipinski definition) is 1. The van der Waals surface area contributed by atoms with Gasteiger partial charge in [0, 0.05) is 13.1 Å². The van der Waals surface area contributed by atoms with Crippen LogP contribution < -0.4 is 5.32 Å². The molecule has 0 unspecified atom stereocenters. The zero-order chi connectivity index (χ0) is 12.1. The van der Waals surface area contributed by atoms with Crippen molar-refractivity contribution in [2.45, 2.75) is 33.2 Å². The fourth-order valence-electron chi connectivity index (χ4n) is 1.51. The summed E-state index contributed by atoms with van der Waals surface area (Å²) in [6.07, 6.45) is 3.22. The van der Waals surface area contributed by atoms with Gasteiger partial charge in [-0.15, -0.1) is 5.10 Å². The number of aryl methyl sites for hydroxylation is 1. The molecule has 1 aromatic heterocycles. The maximum absolute atomic E-state index is 3.97. The van der Waals surface area contributed by atoms with Crippen LogP contribution in [0.5, 0.6) is 0 Å². The zero-order valence-electron chi connectivity index (χ0n) is 10.3. The van der Waals surface area contributed by atoms with Crippen LogP contribution in [0.25, 0.3) is 5.57 Å². The lowest BCUT2D eigenvalue weighted by molar-refractivity contribution is 0.595. The molecule has 0 spiro atoms. The second-order valence-electron chi connectivity index (χ2n) is 4.14. The van der Waals surface area contributed by atoms with E-state index in [0.29, 0.717) is 6.04 Å². The molecule has 0 saturated carbocycles. The first-order chi connectivity index (χ1) is 7.52. The molecule has 90 valence electrons. The summed E-state index contributed by atoms with van der Waals surface area (Å²) in [7, 11) is 1.90. The first-order valence-corrected chi connectivity index (χ1v) is 6.27. The first kappa shape index (κ1) is 13.4. The van der Waals surface area contributed by atoms with Crippen LogP contribution in [0.15, 0.2) is 10.7 Å². The zero-order valence-corrected chi connectivity index (χ0v) is 11.9. The molecule has 5 heteroatoms. The van der Waals surface area contributed by atoms with Gasteiger partial charge in [-0.05, 0) is 41.4 Å². The molecule has 0 radical (unpaired) electrons. The maximum atomic E-state index is 3.97. The molecule has 1 N–H and O–H groups in total. The van der Waals surface area contributed by atoms with E-state index in [1.54, 1.807) is 4.68 Å². The predicted molar refractivity (Wildman–Crippen MR) is 70.1 cm³/mol. The van der Waals surface area contributed by atoms with Crippen LogP contribution in [0.3, 0.4) is 0 Å². The highest BCUT2D eigenvalue weighted by molar-refractivity contribution is 9.10. The molecule has 1 rings (SSSR count). The molecule has 0 aromatic carbocycles. The molecule has 1 aromatic rings. The fraction of sp³-hybridized carbons (Fsp3) is 0.636. The minimum Gasteiger partial charge on any atom is -0.314 e. The van der Waals surface area contributed by atoms with Crippen molar-refractivity contribution in [1.29, 1.82) is 0 Å². The van der Waals surface area contributed by atoms with Crippen LogP contribution in [-0.2, 0) is 7.05 Å². The third-order valence-corrected chi connectivity index (χ3v) is 2.84. The minimum atomic E-state index is 0.541. The van der Waals surface area contributed by atoms with E-state index in [2.05, 4.69) is 58.4 Å². The van der Waals surface area contributed by atoms with Gasteiger partial charge in [0.15, 0.2) is 4.60 Å². The van der Waals surface area contributed by atoms with E-state index in [-0.39, 0.29) is 0 Å². The van der Waals surface area contributed by atoms with Gasteiger partial charge in [-0.2, -0.15) is 0 Å². The molecule has 0 aliphatic carbocycles. The summed E-state index contributed by atoms with van der Waals surface area (Å²) < 4.78 is 2.59. The highest BCUT2D eigenvalue weighted by Gasteiger charge is 2.08. The average molecular weight is 287 g/mol. The van der Waals surface area contributed by atoms with Crippen molar-refractivity contribution in [3.8, 4) is 0 Å². The average Bonchev–Trinajstić information content (AvgIpc) is 2.53. The molecule has 0 bridgehead atoms. The molecule has 0 fully saturated rings. The van der Waals surface area contributed by atoms with Gasteiger partial charge in [0.05, 0.1) is 5.69 Å². The Morgan fingerprint density at radius 3 is 2.75 bits per heavy atom. The van der Waals surface area contributed by atoms with Crippen LogP contribution >= 0.6 is 15.9 Å². The largest absolute Gasteiger partial charge is 0.314 e. The van der Waals surface area contributed by atoms with Crippen molar-refractivity contribution in [2.75, 3.05) is 6.54 Å². The lowest BCUT2D eigenvalue weighted by atomic mass is 10.2. The Hall–Kier alpha value is -0.680. The number of hydrogen-bond acceptors (Lipinski definition) is 3. The number of halogens is 1. The Kier molecular flexibility index (Phi) is 5.15. The van der Waals surface area contributed by atoms with Crippen LogP contribution in [0.1, 0.15) is 32.9 Å². The van der Waals surface area contributed by atoms with Crippen molar-refractivity contribution < 1.29 is 0 Å². The molecular formula is C11H19BrN4. The summed E-state index contributed by atoms with van der Waals surface area (Å²) in [5.41, 5.74) is 2.24. The molecule has 0 amide bonds. The van der Waals surface area contributed by atoms with Gasteiger partial charge in [-0.1, -0.05) is 25.1 Å². The number of aromatic nitrogens is 3. The van der Waals surface area contributed by atoms with Gasteiger partial charge < -0.3 is 5.32 Å². The monoisotopic (exact) mass is 286 g/mol. The van der Waals surface area contributed by atoms with E-state index in [1.807, 2.05) is 7.05 Å². The fourth-order valence-corrected chi connectivity index (χ4v) is 2.15. The summed E-state index contributed by atoms with van der Waals surface area (Å²) in [6.45, 7) is 7.38. The van der Waals surface area contributed by atoms with Crippen molar-refractivity contribution >= 4 is 21.5 Å². The molecule has 0 aliphatic rings. The van der Waals surface area contributed by atoms with E-state index in [0.717, 1.165) is 23.3 Å². The normalized spacial score (nSPS) is 12.5. The van der Waals surface area contributed by atoms with Gasteiger partial charge in [-0.3, -0.25) is 0 Å². The number of rotatable bonds is 5. The molecule has 0 aliphatic heterocycles. The second kappa shape index (κ2) is 6.15. The van der Waals surface area contributed by atoms with E-state index in [4.69, 9.17) is 0 Å². The van der Waals surface area contributed by atoms with Gasteiger partial charge in [-0.25, -0.2) is 4.68 Å². The Morgan fingerprint density at radius 1 is 1.56 bits per heavy atom. The van der Waals surface area contributed by atoms with Crippen molar-refractivity contribution in [3.05, 3.63) is 16.4 Å². The second-order valence-corrected chi connectivity index (χ2v) is 4.89. The highest BCUT2D eigenvalue weighted by atomic mass is 79.9. The number of nitrogens with one attached hydrogen (secondary N) is 1. The molecule has 4 nitrogen and oxygen atoms in total. The summed E-state index contributed by atoms with van der Waals surface area (Å²) in [5, 5.41) is 11.3. The third kappa shape index (κ3) is 3.72. The summed E-state index contributed by atoms with van der Waals surface area (Å²) >= 11 is 3.40. The van der Waals surface area contributed by atoms with Crippen molar-refractivity contribution in [2.24, 2.45) is 7.05 Å².